The van der Waals surface area contributed by atoms with Crippen LogP contribution >= 0.6 is 0 Å². The summed E-state index contributed by atoms with van der Waals surface area (Å²) in [5.41, 5.74) is 7.88. The van der Waals surface area contributed by atoms with Crippen LogP contribution in [-0.4, -0.2) is 25.9 Å². The van der Waals surface area contributed by atoms with Crippen molar-refractivity contribution in [2.24, 2.45) is 10.4 Å². The van der Waals surface area contributed by atoms with Gasteiger partial charge in [0.1, 0.15) is 6.10 Å². The Hall–Kier alpha value is -0.780. The van der Waals surface area contributed by atoms with E-state index in [1.165, 1.54) is 32.1 Å². The molecular formula is C12H21N3O3S. The van der Waals surface area contributed by atoms with Crippen LogP contribution in [-0.2, 0) is 14.8 Å². The van der Waals surface area contributed by atoms with Crippen LogP contribution in [0.1, 0.15) is 51.9 Å². The third kappa shape index (κ3) is 3.61. The number of rotatable bonds is 4. The fourth-order valence-electron chi connectivity index (χ4n) is 3.14. The van der Waals surface area contributed by atoms with E-state index in [9.17, 15) is 8.42 Å². The maximum Gasteiger partial charge on any atom is 0.238 e. The van der Waals surface area contributed by atoms with E-state index in [4.69, 9.17) is 10.3 Å². The summed E-state index contributed by atoms with van der Waals surface area (Å²) in [5.74, 6) is 0.239. The molecule has 0 bridgehead atoms. The molecule has 1 saturated carbocycles. The molecule has 0 aromatic rings. The lowest BCUT2D eigenvalue weighted by molar-refractivity contribution is 0.199. The fraction of sp³-hybridized carbons (Fsp3) is 1.00. The molecule has 2 aliphatic rings. The van der Waals surface area contributed by atoms with E-state index in [2.05, 4.69) is 9.43 Å². The number of epoxide rings is 1. The molecule has 6 nitrogen and oxygen atoms in total. The number of hydrogen-bond acceptors (Lipinski definition) is 3. The predicted octanol–water partition coefficient (Wildman–Crippen LogP) is 3.14. The summed E-state index contributed by atoms with van der Waals surface area (Å²) in [4.78, 5) is 2.36. The van der Waals surface area contributed by atoms with Crippen molar-refractivity contribution in [1.29, 1.82) is 0 Å². The van der Waals surface area contributed by atoms with Crippen molar-refractivity contribution in [2.75, 3.05) is 5.75 Å². The van der Waals surface area contributed by atoms with Crippen LogP contribution in [0.5, 0.6) is 0 Å². The van der Waals surface area contributed by atoms with Gasteiger partial charge in [-0.3, -0.25) is 0 Å². The van der Waals surface area contributed by atoms with Crippen molar-refractivity contribution >= 4 is 10.0 Å². The van der Waals surface area contributed by atoms with Crippen LogP contribution < -0.4 is 0 Å². The van der Waals surface area contributed by atoms with Crippen LogP contribution in [0.15, 0.2) is 4.52 Å². The molecule has 2 fully saturated rings. The summed E-state index contributed by atoms with van der Waals surface area (Å²) in [6.07, 6.45) is 8.11. The maximum absolute atomic E-state index is 11.5. The van der Waals surface area contributed by atoms with Gasteiger partial charge in [-0.05, 0) is 31.2 Å². The van der Waals surface area contributed by atoms with Crippen LogP contribution in [0, 0.1) is 5.92 Å². The summed E-state index contributed by atoms with van der Waals surface area (Å²) in [7, 11) is -3.71. The van der Waals surface area contributed by atoms with E-state index in [1.54, 1.807) is 0 Å². The average Bonchev–Trinajstić information content (AvgIpc) is 2.87. The molecule has 108 valence electrons. The normalized spacial score (nSPS) is 33.0. The van der Waals surface area contributed by atoms with Crippen molar-refractivity contribution in [1.82, 2.24) is 0 Å². The standard InChI is InChI=1S/C12H21N3O3S/c1-12(10-7-5-3-2-4-6-8-10)11(18-12)9-19(16,17)15-14-13/h10-11H,2-9H2,1H3. The van der Waals surface area contributed by atoms with Gasteiger partial charge in [0.05, 0.1) is 11.4 Å². The number of hydrogen-bond donors (Lipinski definition) is 0. The Balaban J connectivity index is 1.96. The Labute approximate surface area is 114 Å². The SMILES string of the molecule is CC1(C2CCCCCCC2)OC1CS(=O)(=O)N=[N+]=[N-]. The molecule has 1 aliphatic carbocycles. The highest BCUT2D eigenvalue weighted by atomic mass is 32.2. The van der Waals surface area contributed by atoms with Crippen molar-refractivity contribution in [3.63, 3.8) is 0 Å². The minimum absolute atomic E-state index is 0.190. The van der Waals surface area contributed by atoms with E-state index in [0.717, 1.165) is 12.8 Å². The minimum Gasteiger partial charge on any atom is -0.365 e. The zero-order chi connectivity index (χ0) is 13.9. The Bertz CT molecular complexity index is 465. The Morgan fingerprint density at radius 2 is 1.84 bits per heavy atom. The van der Waals surface area contributed by atoms with Gasteiger partial charge < -0.3 is 4.74 Å². The second-order valence-corrected chi connectivity index (χ2v) is 7.41. The highest BCUT2D eigenvalue weighted by molar-refractivity contribution is 7.90. The molecule has 0 aromatic heterocycles. The van der Waals surface area contributed by atoms with Crippen LogP contribution in [0.25, 0.3) is 10.4 Å². The van der Waals surface area contributed by atoms with Gasteiger partial charge in [0.2, 0.25) is 10.0 Å². The summed E-state index contributed by atoms with van der Waals surface area (Å²) in [6.45, 7) is 2.00. The van der Waals surface area contributed by atoms with E-state index < -0.39 is 10.0 Å². The third-order valence-electron chi connectivity index (χ3n) is 4.42. The molecule has 7 heteroatoms. The highest BCUT2D eigenvalue weighted by Crippen LogP contribution is 2.48. The van der Waals surface area contributed by atoms with Gasteiger partial charge in [-0.25, -0.2) is 8.42 Å². The first-order valence-electron chi connectivity index (χ1n) is 6.95. The van der Waals surface area contributed by atoms with E-state index >= 15 is 0 Å². The van der Waals surface area contributed by atoms with Gasteiger partial charge in [0, 0.05) is 9.43 Å². The molecule has 0 aromatic carbocycles. The average molecular weight is 287 g/mol. The van der Waals surface area contributed by atoms with Crippen LogP contribution in [0.4, 0.5) is 0 Å². The zero-order valence-corrected chi connectivity index (χ0v) is 12.1. The Morgan fingerprint density at radius 3 is 2.42 bits per heavy atom. The van der Waals surface area contributed by atoms with E-state index in [0.29, 0.717) is 5.92 Å². The Kier molecular flexibility index (Phi) is 4.38. The molecule has 0 amide bonds. The second kappa shape index (κ2) is 5.69. The summed E-state index contributed by atoms with van der Waals surface area (Å²) < 4.78 is 31.5. The number of nitrogens with zero attached hydrogens (tertiary/aromatic N) is 3. The second-order valence-electron chi connectivity index (χ2n) is 5.75. The van der Waals surface area contributed by atoms with Crippen molar-refractivity contribution in [3.8, 4) is 0 Å². The predicted molar refractivity (Wildman–Crippen MR) is 72.0 cm³/mol. The van der Waals surface area contributed by atoms with Gasteiger partial charge in [-0.2, -0.15) is 0 Å². The largest absolute Gasteiger partial charge is 0.365 e. The molecule has 0 N–H and O–H groups in total. The van der Waals surface area contributed by atoms with Gasteiger partial charge in [-0.15, -0.1) is 0 Å². The van der Waals surface area contributed by atoms with Gasteiger partial charge in [0.15, 0.2) is 0 Å². The minimum atomic E-state index is -3.71. The molecule has 1 aliphatic heterocycles. The first kappa shape index (κ1) is 14.6. The lowest BCUT2D eigenvalue weighted by Crippen LogP contribution is -2.27. The van der Waals surface area contributed by atoms with Crippen molar-refractivity contribution in [2.45, 2.75) is 63.6 Å². The van der Waals surface area contributed by atoms with Gasteiger partial charge >= 0.3 is 0 Å². The number of ether oxygens (including phenoxy) is 1. The third-order valence-corrected chi connectivity index (χ3v) is 5.46. The topological polar surface area (TPSA) is 95.4 Å². The summed E-state index contributed by atoms with van der Waals surface area (Å²) in [6, 6.07) is 0. The first-order valence-corrected chi connectivity index (χ1v) is 8.56. The van der Waals surface area contributed by atoms with Crippen molar-refractivity contribution < 1.29 is 13.2 Å². The van der Waals surface area contributed by atoms with E-state index in [-0.39, 0.29) is 17.5 Å². The molecule has 19 heavy (non-hydrogen) atoms. The van der Waals surface area contributed by atoms with Gasteiger partial charge in [0.25, 0.3) is 0 Å². The number of azide groups is 1. The fourth-order valence-corrected chi connectivity index (χ4v) is 4.10. The summed E-state index contributed by atoms with van der Waals surface area (Å²) in [5, 5.41) is 0. The molecule has 1 heterocycles. The van der Waals surface area contributed by atoms with Gasteiger partial charge in [-0.1, -0.05) is 32.1 Å². The molecule has 1 saturated heterocycles. The molecule has 2 rings (SSSR count). The molecule has 0 radical (unpaired) electrons. The van der Waals surface area contributed by atoms with Crippen molar-refractivity contribution in [3.05, 3.63) is 10.4 Å². The van der Waals surface area contributed by atoms with E-state index in [1.807, 2.05) is 6.92 Å². The lowest BCUT2D eigenvalue weighted by atomic mass is 9.81. The summed E-state index contributed by atoms with van der Waals surface area (Å²) >= 11 is 0. The maximum atomic E-state index is 11.5. The van der Waals surface area contributed by atoms with Crippen LogP contribution in [0.2, 0.25) is 0 Å². The Morgan fingerprint density at radius 1 is 1.26 bits per heavy atom. The van der Waals surface area contributed by atoms with Crippen LogP contribution in [0.3, 0.4) is 0 Å². The zero-order valence-electron chi connectivity index (χ0n) is 11.3. The highest BCUT2D eigenvalue weighted by Gasteiger charge is 2.57. The monoisotopic (exact) mass is 287 g/mol. The molecule has 2 unspecified atom stereocenters. The molecular weight excluding hydrogens is 266 g/mol. The first-order chi connectivity index (χ1) is 8.98. The smallest absolute Gasteiger partial charge is 0.238 e. The molecule has 2 atom stereocenters. The quantitative estimate of drug-likeness (QED) is 0.344. The molecule has 0 spiro atoms. The lowest BCUT2D eigenvalue weighted by Gasteiger charge is -2.23. The number of sulfonamides is 1.